The fraction of sp³-hybridized carbons (Fsp3) is 0.750. The molecular weight excluding hydrogens is 230 g/mol. The summed E-state index contributed by atoms with van der Waals surface area (Å²) in [4.78, 5) is 3.95. The van der Waals surface area contributed by atoms with Crippen LogP contribution < -0.4 is 0 Å². The lowest BCUT2D eigenvalue weighted by Gasteiger charge is -1.99. The van der Waals surface area contributed by atoms with Crippen LogP contribution in [0.3, 0.4) is 0 Å². The second-order valence-electron chi connectivity index (χ2n) is 2.88. The van der Waals surface area contributed by atoms with Crippen molar-refractivity contribution < 1.29 is 18.0 Å². The van der Waals surface area contributed by atoms with E-state index in [9.17, 15) is 8.78 Å². The van der Waals surface area contributed by atoms with Gasteiger partial charge in [-0.2, -0.15) is 4.98 Å². The van der Waals surface area contributed by atoms with E-state index < -0.39 is 13.0 Å². The number of halogens is 3. The molecule has 86 valence electrons. The average Bonchev–Trinajstić information content (AvgIpc) is 2.60. The Morgan fingerprint density at radius 1 is 1.53 bits per heavy atom. The van der Waals surface area contributed by atoms with E-state index in [0.717, 1.165) is 0 Å². The van der Waals surface area contributed by atoms with E-state index in [1.165, 1.54) is 0 Å². The zero-order valence-electron chi connectivity index (χ0n) is 8.12. The van der Waals surface area contributed by atoms with Gasteiger partial charge in [-0.05, 0) is 6.92 Å². The average molecular weight is 241 g/mol. The van der Waals surface area contributed by atoms with Crippen LogP contribution in [0, 0.1) is 0 Å². The van der Waals surface area contributed by atoms with Crippen molar-refractivity contribution in [3.05, 3.63) is 11.7 Å². The van der Waals surface area contributed by atoms with Gasteiger partial charge in [0.05, 0.1) is 18.4 Å². The van der Waals surface area contributed by atoms with Gasteiger partial charge in [0, 0.05) is 0 Å². The molecule has 1 aromatic rings. The molecule has 1 unspecified atom stereocenters. The fourth-order valence-electron chi connectivity index (χ4n) is 0.863. The standard InChI is InChI=1S/C8H11ClF2N2O2/c1-5(9)8-12-7(15-13-8)2-3-14-4-6(10)11/h5-6H,2-4H2,1H3. The number of hydrogen-bond donors (Lipinski definition) is 0. The maximum absolute atomic E-state index is 11.7. The molecule has 0 bridgehead atoms. The molecule has 1 atom stereocenters. The number of aromatic nitrogens is 2. The van der Waals surface area contributed by atoms with Crippen LogP contribution in [0.15, 0.2) is 4.52 Å². The van der Waals surface area contributed by atoms with Crippen molar-refractivity contribution in [3.63, 3.8) is 0 Å². The minimum absolute atomic E-state index is 0.128. The molecule has 0 aromatic carbocycles. The molecule has 7 heteroatoms. The molecule has 0 saturated heterocycles. The molecule has 0 saturated carbocycles. The SMILES string of the molecule is CC(Cl)c1noc(CCOCC(F)F)n1. The van der Waals surface area contributed by atoms with Crippen LogP contribution in [0.25, 0.3) is 0 Å². The van der Waals surface area contributed by atoms with Crippen molar-refractivity contribution in [2.24, 2.45) is 0 Å². The zero-order chi connectivity index (χ0) is 11.3. The third-order valence-corrected chi connectivity index (χ3v) is 1.74. The van der Waals surface area contributed by atoms with Gasteiger partial charge < -0.3 is 9.26 Å². The minimum Gasteiger partial charge on any atom is -0.375 e. The van der Waals surface area contributed by atoms with Gasteiger partial charge in [-0.25, -0.2) is 8.78 Å². The van der Waals surface area contributed by atoms with Gasteiger partial charge in [0.2, 0.25) is 5.89 Å². The Bertz CT molecular complexity index is 294. The van der Waals surface area contributed by atoms with E-state index in [1.807, 2.05) is 0 Å². The van der Waals surface area contributed by atoms with Crippen LogP contribution in [0.4, 0.5) is 8.78 Å². The number of rotatable bonds is 6. The molecule has 0 spiro atoms. The molecule has 0 aliphatic heterocycles. The van der Waals surface area contributed by atoms with Crippen molar-refractivity contribution in [2.45, 2.75) is 25.1 Å². The van der Waals surface area contributed by atoms with Gasteiger partial charge in [-0.1, -0.05) is 5.16 Å². The smallest absolute Gasteiger partial charge is 0.261 e. The summed E-state index contributed by atoms with van der Waals surface area (Å²) in [6.07, 6.45) is -2.14. The first-order valence-electron chi connectivity index (χ1n) is 4.42. The molecule has 0 amide bonds. The van der Waals surface area contributed by atoms with E-state index in [-0.39, 0.29) is 12.0 Å². The van der Waals surface area contributed by atoms with Gasteiger partial charge in [0.25, 0.3) is 6.43 Å². The molecule has 0 aliphatic carbocycles. The Morgan fingerprint density at radius 2 is 2.27 bits per heavy atom. The summed E-state index contributed by atoms with van der Waals surface area (Å²) in [7, 11) is 0. The number of hydrogen-bond acceptors (Lipinski definition) is 4. The maximum atomic E-state index is 11.7. The molecular formula is C8H11ClF2N2O2. The summed E-state index contributed by atoms with van der Waals surface area (Å²) in [5.41, 5.74) is 0. The third kappa shape index (κ3) is 4.53. The lowest BCUT2D eigenvalue weighted by atomic mass is 10.4. The summed E-state index contributed by atoms with van der Waals surface area (Å²) in [5.74, 6) is 0.729. The predicted molar refractivity (Wildman–Crippen MR) is 49.1 cm³/mol. The molecule has 1 rings (SSSR count). The van der Waals surface area contributed by atoms with Crippen molar-refractivity contribution in [3.8, 4) is 0 Å². The Kier molecular flexibility index (Phi) is 4.90. The number of nitrogens with zero attached hydrogens (tertiary/aromatic N) is 2. The second-order valence-corrected chi connectivity index (χ2v) is 3.53. The lowest BCUT2D eigenvalue weighted by molar-refractivity contribution is 0.0171. The van der Waals surface area contributed by atoms with E-state index in [1.54, 1.807) is 6.92 Å². The largest absolute Gasteiger partial charge is 0.375 e. The van der Waals surface area contributed by atoms with Crippen LogP contribution in [0.1, 0.15) is 24.0 Å². The summed E-state index contributed by atoms with van der Waals surface area (Å²) in [6.45, 7) is 1.26. The Balaban J connectivity index is 2.26. The Morgan fingerprint density at radius 3 is 2.80 bits per heavy atom. The molecule has 1 heterocycles. The minimum atomic E-state index is -2.45. The maximum Gasteiger partial charge on any atom is 0.261 e. The van der Waals surface area contributed by atoms with Gasteiger partial charge in [0.1, 0.15) is 6.61 Å². The summed E-state index contributed by atoms with van der Waals surface area (Å²) >= 11 is 5.70. The van der Waals surface area contributed by atoms with Crippen molar-refractivity contribution in [1.82, 2.24) is 10.1 Å². The molecule has 0 radical (unpaired) electrons. The van der Waals surface area contributed by atoms with Gasteiger partial charge >= 0.3 is 0 Å². The highest BCUT2D eigenvalue weighted by Gasteiger charge is 2.11. The van der Waals surface area contributed by atoms with E-state index >= 15 is 0 Å². The summed E-state index contributed by atoms with van der Waals surface area (Å²) < 4.78 is 32.8. The van der Waals surface area contributed by atoms with E-state index in [4.69, 9.17) is 16.1 Å². The Labute approximate surface area is 90.6 Å². The summed E-state index contributed by atoms with van der Waals surface area (Å²) in [6, 6.07) is 0. The van der Waals surface area contributed by atoms with Crippen molar-refractivity contribution >= 4 is 11.6 Å². The van der Waals surface area contributed by atoms with Crippen LogP contribution in [-0.4, -0.2) is 29.8 Å². The Hall–Kier alpha value is -0.750. The molecule has 4 nitrogen and oxygen atoms in total. The quantitative estimate of drug-likeness (QED) is 0.565. The molecule has 15 heavy (non-hydrogen) atoms. The van der Waals surface area contributed by atoms with Gasteiger partial charge in [-0.3, -0.25) is 0 Å². The van der Waals surface area contributed by atoms with Gasteiger partial charge in [0.15, 0.2) is 5.82 Å². The highest BCUT2D eigenvalue weighted by atomic mass is 35.5. The molecule has 0 aliphatic rings. The molecule has 1 aromatic heterocycles. The normalized spacial score (nSPS) is 13.4. The second kappa shape index (κ2) is 5.97. The molecule has 0 N–H and O–H groups in total. The fourth-order valence-corrected chi connectivity index (χ4v) is 0.952. The first-order valence-corrected chi connectivity index (χ1v) is 4.85. The monoisotopic (exact) mass is 240 g/mol. The predicted octanol–water partition coefficient (Wildman–Crippen LogP) is 2.19. The van der Waals surface area contributed by atoms with E-state index in [0.29, 0.717) is 18.1 Å². The lowest BCUT2D eigenvalue weighted by Crippen LogP contribution is -2.07. The van der Waals surface area contributed by atoms with Crippen molar-refractivity contribution in [2.75, 3.05) is 13.2 Å². The number of ether oxygens (including phenoxy) is 1. The first kappa shape index (κ1) is 12.3. The van der Waals surface area contributed by atoms with Crippen LogP contribution in [0.2, 0.25) is 0 Å². The van der Waals surface area contributed by atoms with Crippen LogP contribution in [-0.2, 0) is 11.2 Å². The summed E-state index contributed by atoms with van der Waals surface area (Å²) in [5, 5.41) is 3.28. The number of alkyl halides is 3. The highest BCUT2D eigenvalue weighted by molar-refractivity contribution is 6.20. The van der Waals surface area contributed by atoms with Crippen molar-refractivity contribution in [1.29, 1.82) is 0 Å². The first-order chi connectivity index (χ1) is 7.09. The van der Waals surface area contributed by atoms with Gasteiger partial charge in [-0.15, -0.1) is 11.6 Å². The highest BCUT2D eigenvalue weighted by Crippen LogP contribution is 2.15. The van der Waals surface area contributed by atoms with E-state index in [2.05, 4.69) is 14.9 Å². The zero-order valence-corrected chi connectivity index (χ0v) is 8.88. The van der Waals surface area contributed by atoms with Crippen LogP contribution in [0.5, 0.6) is 0 Å². The molecule has 0 fully saturated rings. The topological polar surface area (TPSA) is 48.2 Å². The third-order valence-electron chi connectivity index (χ3n) is 1.54. The van der Waals surface area contributed by atoms with Crippen LogP contribution >= 0.6 is 11.6 Å².